The highest BCUT2D eigenvalue weighted by atomic mass is 16.5. The zero-order chi connectivity index (χ0) is 21.5. The molecule has 7 nitrogen and oxygen atoms in total. The second-order valence-corrected chi connectivity index (χ2v) is 7.67. The Balaban J connectivity index is 1.26. The van der Waals surface area contributed by atoms with E-state index in [-0.39, 0.29) is 0 Å². The monoisotopic (exact) mass is 419 g/mol. The molecular weight excluding hydrogens is 390 g/mol. The molecule has 162 valence electrons. The van der Waals surface area contributed by atoms with E-state index in [1.54, 1.807) is 7.11 Å². The molecular formula is C24H29N5O2. The highest BCUT2D eigenvalue weighted by molar-refractivity contribution is 5.63. The van der Waals surface area contributed by atoms with Crippen molar-refractivity contribution in [2.24, 2.45) is 0 Å². The van der Waals surface area contributed by atoms with Crippen LogP contribution in [0.1, 0.15) is 0 Å². The van der Waals surface area contributed by atoms with Crippen LogP contribution in [0.5, 0.6) is 11.5 Å². The molecule has 0 spiro atoms. The average Bonchev–Trinajstić information content (AvgIpc) is 2.82. The number of nitrogens with one attached hydrogen (secondary N) is 1. The van der Waals surface area contributed by atoms with Crippen molar-refractivity contribution in [3.8, 4) is 22.6 Å². The normalized spacial score (nSPS) is 14.9. The van der Waals surface area contributed by atoms with E-state index in [2.05, 4.69) is 32.1 Å². The molecule has 7 heteroatoms. The van der Waals surface area contributed by atoms with Crippen LogP contribution in [-0.4, -0.2) is 73.3 Å². The molecule has 0 aliphatic carbocycles. The minimum absolute atomic E-state index is 0.556. The lowest BCUT2D eigenvalue weighted by atomic mass is 10.1. The fourth-order valence-electron chi connectivity index (χ4n) is 3.45. The van der Waals surface area contributed by atoms with Gasteiger partial charge >= 0.3 is 0 Å². The van der Waals surface area contributed by atoms with Gasteiger partial charge in [0.1, 0.15) is 18.1 Å². The largest absolute Gasteiger partial charge is 0.497 e. The summed E-state index contributed by atoms with van der Waals surface area (Å²) in [6.07, 6.45) is 3.62. The molecule has 1 saturated heterocycles. The van der Waals surface area contributed by atoms with Crippen LogP contribution in [0, 0.1) is 0 Å². The number of hydrogen-bond donors (Lipinski definition) is 1. The summed E-state index contributed by atoms with van der Waals surface area (Å²) in [7, 11) is 3.83. The van der Waals surface area contributed by atoms with Gasteiger partial charge in [-0.1, -0.05) is 12.1 Å². The van der Waals surface area contributed by atoms with Gasteiger partial charge in [0.05, 0.1) is 7.11 Å². The summed E-state index contributed by atoms with van der Waals surface area (Å²) in [5.41, 5.74) is 2.92. The average molecular weight is 420 g/mol. The Morgan fingerprint density at radius 2 is 1.48 bits per heavy atom. The Morgan fingerprint density at radius 1 is 0.839 bits per heavy atom. The maximum Gasteiger partial charge on any atom is 0.227 e. The van der Waals surface area contributed by atoms with Crippen molar-refractivity contribution in [2.75, 3.05) is 58.8 Å². The van der Waals surface area contributed by atoms with Gasteiger partial charge < -0.3 is 19.7 Å². The van der Waals surface area contributed by atoms with Gasteiger partial charge in [0, 0.05) is 56.4 Å². The molecule has 3 aromatic rings. The first kappa shape index (κ1) is 21.1. The van der Waals surface area contributed by atoms with Crippen molar-refractivity contribution in [2.45, 2.75) is 0 Å². The molecule has 0 saturated carbocycles. The van der Waals surface area contributed by atoms with Crippen molar-refractivity contribution >= 4 is 11.6 Å². The molecule has 4 rings (SSSR count). The molecule has 0 unspecified atom stereocenters. The summed E-state index contributed by atoms with van der Waals surface area (Å²) in [5.74, 6) is 2.26. The summed E-state index contributed by atoms with van der Waals surface area (Å²) in [6.45, 7) is 6.14. The van der Waals surface area contributed by atoms with E-state index >= 15 is 0 Å². The molecule has 1 N–H and O–H groups in total. The van der Waals surface area contributed by atoms with Crippen LogP contribution in [-0.2, 0) is 0 Å². The summed E-state index contributed by atoms with van der Waals surface area (Å²) in [4.78, 5) is 13.7. The van der Waals surface area contributed by atoms with Crippen LogP contribution in [0.3, 0.4) is 0 Å². The topological polar surface area (TPSA) is 62.8 Å². The van der Waals surface area contributed by atoms with Crippen molar-refractivity contribution in [3.05, 3.63) is 60.9 Å². The molecule has 0 radical (unpaired) electrons. The highest BCUT2D eigenvalue weighted by Gasteiger charge is 2.13. The summed E-state index contributed by atoms with van der Waals surface area (Å²) < 4.78 is 11.1. The Kier molecular flexibility index (Phi) is 6.96. The first-order valence-electron chi connectivity index (χ1n) is 10.6. The van der Waals surface area contributed by atoms with Gasteiger partial charge in [-0.15, -0.1) is 0 Å². The SMILES string of the molecule is COc1ccc(-c2cnc(Nc3ccc(OCCN4CCN(C)CC4)cc3)nc2)cc1. The second kappa shape index (κ2) is 10.2. The van der Waals surface area contributed by atoms with Crippen LogP contribution in [0.4, 0.5) is 11.6 Å². The van der Waals surface area contributed by atoms with E-state index in [1.165, 1.54) is 0 Å². The molecule has 1 aliphatic heterocycles. The van der Waals surface area contributed by atoms with E-state index in [9.17, 15) is 0 Å². The fourth-order valence-corrected chi connectivity index (χ4v) is 3.45. The Hall–Kier alpha value is -3.16. The molecule has 1 aliphatic rings. The minimum atomic E-state index is 0.556. The van der Waals surface area contributed by atoms with Crippen LogP contribution in [0.2, 0.25) is 0 Å². The number of likely N-dealkylation sites (N-methyl/N-ethyl adjacent to an activating group) is 1. The van der Waals surface area contributed by atoms with Gasteiger partial charge in [0.25, 0.3) is 0 Å². The van der Waals surface area contributed by atoms with Crippen molar-refractivity contribution in [1.29, 1.82) is 0 Å². The first-order valence-corrected chi connectivity index (χ1v) is 10.6. The van der Waals surface area contributed by atoms with E-state index in [1.807, 2.05) is 60.9 Å². The summed E-state index contributed by atoms with van der Waals surface area (Å²) >= 11 is 0. The first-order chi connectivity index (χ1) is 15.2. The molecule has 0 atom stereocenters. The predicted molar refractivity (Wildman–Crippen MR) is 123 cm³/mol. The van der Waals surface area contributed by atoms with Crippen LogP contribution >= 0.6 is 0 Å². The van der Waals surface area contributed by atoms with Crippen LogP contribution in [0.15, 0.2) is 60.9 Å². The number of piperazine rings is 1. The number of nitrogens with zero attached hydrogens (tertiary/aromatic N) is 4. The summed E-state index contributed by atoms with van der Waals surface area (Å²) in [5, 5.41) is 3.23. The van der Waals surface area contributed by atoms with Gasteiger partial charge in [-0.05, 0) is 49.0 Å². The molecule has 31 heavy (non-hydrogen) atoms. The lowest BCUT2D eigenvalue weighted by molar-refractivity contribution is 0.134. The standard InChI is InChI=1S/C24H29N5O2/c1-28-11-13-29(14-12-28)15-16-31-23-9-5-21(6-10-23)27-24-25-17-20(18-26-24)19-3-7-22(30-2)8-4-19/h3-10,17-18H,11-16H2,1-2H3,(H,25,26,27). The number of hydrogen-bond acceptors (Lipinski definition) is 7. The van der Waals surface area contributed by atoms with Gasteiger partial charge in [-0.2, -0.15) is 0 Å². The van der Waals surface area contributed by atoms with E-state index < -0.39 is 0 Å². The van der Waals surface area contributed by atoms with Gasteiger partial charge in [-0.3, -0.25) is 4.90 Å². The molecule has 0 amide bonds. The number of aromatic nitrogens is 2. The smallest absolute Gasteiger partial charge is 0.227 e. The fraction of sp³-hybridized carbons (Fsp3) is 0.333. The summed E-state index contributed by atoms with van der Waals surface area (Å²) in [6, 6.07) is 15.7. The zero-order valence-corrected chi connectivity index (χ0v) is 18.1. The number of ether oxygens (including phenoxy) is 2. The number of methoxy groups -OCH3 is 1. The maximum absolute atomic E-state index is 5.90. The second-order valence-electron chi connectivity index (χ2n) is 7.67. The van der Waals surface area contributed by atoms with Crippen LogP contribution < -0.4 is 14.8 Å². The van der Waals surface area contributed by atoms with E-state index in [0.29, 0.717) is 12.6 Å². The predicted octanol–water partition coefficient (Wildman–Crippen LogP) is 3.52. The van der Waals surface area contributed by atoms with Gasteiger partial charge in [0.2, 0.25) is 5.95 Å². The van der Waals surface area contributed by atoms with Crippen molar-refractivity contribution < 1.29 is 9.47 Å². The van der Waals surface area contributed by atoms with E-state index in [4.69, 9.17) is 9.47 Å². The molecule has 1 aromatic heterocycles. The molecule has 0 bridgehead atoms. The number of rotatable bonds is 8. The third-order valence-corrected chi connectivity index (χ3v) is 5.46. The number of anilines is 2. The lowest BCUT2D eigenvalue weighted by Crippen LogP contribution is -2.45. The Labute approximate surface area is 183 Å². The van der Waals surface area contributed by atoms with Crippen LogP contribution in [0.25, 0.3) is 11.1 Å². The minimum Gasteiger partial charge on any atom is -0.497 e. The Bertz CT molecular complexity index is 937. The van der Waals surface area contributed by atoms with Gasteiger partial charge in [-0.25, -0.2) is 9.97 Å². The molecule has 2 heterocycles. The highest BCUT2D eigenvalue weighted by Crippen LogP contribution is 2.23. The lowest BCUT2D eigenvalue weighted by Gasteiger charge is -2.32. The molecule has 2 aromatic carbocycles. The Morgan fingerprint density at radius 3 is 2.13 bits per heavy atom. The van der Waals surface area contributed by atoms with E-state index in [0.717, 1.165) is 61.0 Å². The van der Waals surface area contributed by atoms with Crippen molar-refractivity contribution in [1.82, 2.24) is 19.8 Å². The number of benzene rings is 2. The van der Waals surface area contributed by atoms with Gasteiger partial charge in [0.15, 0.2) is 0 Å². The molecule has 1 fully saturated rings. The third kappa shape index (κ3) is 5.93. The quantitative estimate of drug-likeness (QED) is 0.599. The third-order valence-electron chi connectivity index (χ3n) is 5.46. The maximum atomic E-state index is 5.90. The zero-order valence-electron chi connectivity index (χ0n) is 18.1. The van der Waals surface area contributed by atoms with Crippen molar-refractivity contribution in [3.63, 3.8) is 0 Å².